The molecular weight excluding hydrogens is 296 g/mol. The van der Waals surface area contributed by atoms with Gasteiger partial charge in [-0.25, -0.2) is 0 Å². The Kier molecular flexibility index (Phi) is 9.77. The highest BCUT2D eigenvalue weighted by Gasteiger charge is 2.30. The second kappa shape index (κ2) is 10.4. The van der Waals surface area contributed by atoms with E-state index in [2.05, 4.69) is 27.7 Å². The van der Waals surface area contributed by atoms with Gasteiger partial charge in [0.2, 0.25) is 0 Å². The first kappa shape index (κ1) is 21.6. The lowest BCUT2D eigenvalue weighted by Gasteiger charge is -2.30. The number of aliphatic carboxylic acids is 1. The molecule has 134 valence electrons. The molecule has 2 atom stereocenters. The third-order valence-corrected chi connectivity index (χ3v) is 4.21. The SMILES string of the molecule is CC(C)CC(CC(C)C)C(C)C(C)C(=O)OC(=O)CCC(=O)O. The molecule has 0 aliphatic heterocycles. The highest BCUT2D eigenvalue weighted by molar-refractivity contribution is 5.88. The molecule has 23 heavy (non-hydrogen) atoms. The van der Waals surface area contributed by atoms with Crippen molar-refractivity contribution in [2.45, 2.75) is 67.2 Å². The number of carboxylic acids is 1. The van der Waals surface area contributed by atoms with E-state index in [4.69, 9.17) is 9.84 Å². The molecule has 0 saturated heterocycles. The van der Waals surface area contributed by atoms with Gasteiger partial charge >= 0.3 is 17.9 Å². The van der Waals surface area contributed by atoms with Crippen molar-refractivity contribution in [1.82, 2.24) is 0 Å². The van der Waals surface area contributed by atoms with Gasteiger partial charge in [-0.1, -0.05) is 41.5 Å². The molecule has 0 spiro atoms. The van der Waals surface area contributed by atoms with Crippen LogP contribution in [0.25, 0.3) is 0 Å². The number of hydrogen-bond donors (Lipinski definition) is 1. The molecule has 0 heterocycles. The molecule has 0 bridgehead atoms. The fourth-order valence-corrected chi connectivity index (χ4v) is 2.82. The maximum absolute atomic E-state index is 12.1. The van der Waals surface area contributed by atoms with Crippen molar-refractivity contribution in [3.8, 4) is 0 Å². The smallest absolute Gasteiger partial charge is 0.316 e. The third kappa shape index (κ3) is 9.36. The van der Waals surface area contributed by atoms with E-state index in [9.17, 15) is 14.4 Å². The predicted molar refractivity (Wildman–Crippen MR) is 88.7 cm³/mol. The lowest BCUT2D eigenvalue weighted by Crippen LogP contribution is -2.30. The minimum Gasteiger partial charge on any atom is -0.481 e. The number of carbonyl (C=O) groups excluding carboxylic acids is 2. The van der Waals surface area contributed by atoms with Gasteiger partial charge in [-0.05, 0) is 36.5 Å². The average molecular weight is 328 g/mol. The summed E-state index contributed by atoms with van der Waals surface area (Å²) in [7, 11) is 0. The first-order valence-electron chi connectivity index (χ1n) is 8.50. The van der Waals surface area contributed by atoms with E-state index in [1.165, 1.54) is 0 Å². The molecule has 0 aromatic heterocycles. The van der Waals surface area contributed by atoms with Gasteiger partial charge in [-0.2, -0.15) is 0 Å². The summed E-state index contributed by atoms with van der Waals surface area (Å²) >= 11 is 0. The zero-order chi connectivity index (χ0) is 18.2. The lowest BCUT2D eigenvalue weighted by molar-refractivity contribution is -0.165. The number of esters is 2. The lowest BCUT2D eigenvalue weighted by atomic mass is 9.75. The predicted octanol–water partition coefficient (Wildman–Crippen LogP) is 3.90. The van der Waals surface area contributed by atoms with Gasteiger partial charge in [-0.3, -0.25) is 14.4 Å². The molecule has 0 rings (SSSR count). The van der Waals surface area contributed by atoms with Gasteiger partial charge in [0.15, 0.2) is 0 Å². The molecule has 0 aromatic carbocycles. The second-order valence-electron chi connectivity index (χ2n) is 7.35. The van der Waals surface area contributed by atoms with Gasteiger partial charge in [0, 0.05) is 0 Å². The van der Waals surface area contributed by atoms with Crippen LogP contribution in [0.2, 0.25) is 0 Å². The van der Waals surface area contributed by atoms with E-state index in [1.807, 2.05) is 6.92 Å². The number of carboxylic acid groups (broad SMARTS) is 1. The van der Waals surface area contributed by atoms with Crippen LogP contribution in [0.5, 0.6) is 0 Å². The molecule has 5 nitrogen and oxygen atoms in total. The zero-order valence-electron chi connectivity index (χ0n) is 15.3. The minimum absolute atomic E-state index is 0.111. The molecule has 0 saturated carbocycles. The van der Waals surface area contributed by atoms with Crippen molar-refractivity contribution < 1.29 is 24.2 Å². The summed E-state index contributed by atoms with van der Waals surface area (Å²) < 4.78 is 4.80. The van der Waals surface area contributed by atoms with Crippen molar-refractivity contribution in [2.75, 3.05) is 0 Å². The molecule has 5 heteroatoms. The molecule has 0 amide bonds. The maximum atomic E-state index is 12.1. The molecule has 0 aliphatic carbocycles. The van der Waals surface area contributed by atoms with Crippen LogP contribution in [0.15, 0.2) is 0 Å². The van der Waals surface area contributed by atoms with Crippen molar-refractivity contribution >= 4 is 17.9 Å². The first-order chi connectivity index (χ1) is 10.5. The average Bonchev–Trinajstić information content (AvgIpc) is 2.41. The summed E-state index contributed by atoms with van der Waals surface area (Å²) in [5.74, 6) is -1.18. The van der Waals surface area contributed by atoms with Gasteiger partial charge in [0.25, 0.3) is 0 Å². The Balaban J connectivity index is 4.67. The Labute approximate surface area is 139 Å². The molecule has 1 N–H and O–H groups in total. The van der Waals surface area contributed by atoms with E-state index < -0.39 is 17.9 Å². The third-order valence-electron chi connectivity index (χ3n) is 4.21. The number of carbonyl (C=O) groups is 3. The second-order valence-corrected chi connectivity index (χ2v) is 7.35. The van der Waals surface area contributed by atoms with E-state index in [1.54, 1.807) is 6.92 Å². The van der Waals surface area contributed by atoms with Crippen molar-refractivity contribution in [1.29, 1.82) is 0 Å². The van der Waals surface area contributed by atoms with E-state index in [-0.39, 0.29) is 24.7 Å². The van der Waals surface area contributed by atoms with Crippen molar-refractivity contribution in [2.24, 2.45) is 29.6 Å². The van der Waals surface area contributed by atoms with E-state index >= 15 is 0 Å². The molecule has 0 aliphatic rings. The van der Waals surface area contributed by atoms with Crippen LogP contribution in [0.1, 0.15) is 67.2 Å². The van der Waals surface area contributed by atoms with Crippen LogP contribution in [0.3, 0.4) is 0 Å². The van der Waals surface area contributed by atoms with Gasteiger partial charge < -0.3 is 9.84 Å². The number of hydrogen-bond acceptors (Lipinski definition) is 4. The van der Waals surface area contributed by atoms with Crippen LogP contribution in [0, 0.1) is 29.6 Å². The number of ether oxygens (including phenoxy) is 1. The minimum atomic E-state index is -1.08. The first-order valence-corrected chi connectivity index (χ1v) is 8.50. The summed E-state index contributed by atoms with van der Waals surface area (Å²) in [6.45, 7) is 12.5. The van der Waals surface area contributed by atoms with Gasteiger partial charge in [0.1, 0.15) is 0 Å². The fraction of sp³-hybridized carbons (Fsp3) is 0.833. The molecule has 0 aromatic rings. The van der Waals surface area contributed by atoms with Crippen molar-refractivity contribution in [3.05, 3.63) is 0 Å². The Hall–Kier alpha value is -1.39. The standard InChI is InChI=1S/C18H32O5/c1-11(2)9-15(10-12(3)4)13(5)14(6)18(22)23-17(21)8-7-16(19)20/h11-15H,7-10H2,1-6H3,(H,19,20). The van der Waals surface area contributed by atoms with E-state index in [0.717, 1.165) is 12.8 Å². The highest BCUT2D eigenvalue weighted by atomic mass is 16.6. The Morgan fingerprint density at radius 2 is 1.35 bits per heavy atom. The molecule has 0 fully saturated rings. The normalized spacial score (nSPS) is 14.1. The van der Waals surface area contributed by atoms with Crippen LogP contribution in [-0.2, 0) is 19.1 Å². The van der Waals surface area contributed by atoms with E-state index in [0.29, 0.717) is 17.8 Å². The van der Waals surface area contributed by atoms with Crippen LogP contribution in [-0.4, -0.2) is 23.0 Å². The number of rotatable bonds is 10. The van der Waals surface area contributed by atoms with Crippen LogP contribution >= 0.6 is 0 Å². The monoisotopic (exact) mass is 328 g/mol. The molecule has 2 unspecified atom stereocenters. The van der Waals surface area contributed by atoms with Crippen molar-refractivity contribution in [3.63, 3.8) is 0 Å². The Morgan fingerprint density at radius 3 is 1.74 bits per heavy atom. The fourth-order valence-electron chi connectivity index (χ4n) is 2.82. The maximum Gasteiger partial charge on any atom is 0.316 e. The summed E-state index contributed by atoms with van der Waals surface area (Å²) in [5, 5.41) is 8.54. The van der Waals surface area contributed by atoms with Gasteiger partial charge in [0.05, 0.1) is 18.8 Å². The summed E-state index contributed by atoms with van der Waals surface area (Å²) in [4.78, 5) is 34.1. The summed E-state index contributed by atoms with van der Waals surface area (Å²) in [6, 6.07) is 0. The largest absolute Gasteiger partial charge is 0.481 e. The summed E-state index contributed by atoms with van der Waals surface area (Å²) in [5.41, 5.74) is 0. The quantitative estimate of drug-likeness (QED) is 0.486. The Morgan fingerprint density at radius 1 is 0.870 bits per heavy atom. The van der Waals surface area contributed by atoms with Gasteiger partial charge in [-0.15, -0.1) is 0 Å². The molecular formula is C18H32O5. The molecule has 0 radical (unpaired) electrons. The van der Waals surface area contributed by atoms with Crippen LogP contribution < -0.4 is 0 Å². The van der Waals surface area contributed by atoms with Crippen LogP contribution in [0.4, 0.5) is 0 Å². The Bertz CT molecular complexity index is 390. The summed E-state index contributed by atoms with van der Waals surface area (Å²) in [6.07, 6.45) is 1.47. The highest BCUT2D eigenvalue weighted by Crippen LogP contribution is 2.32. The topological polar surface area (TPSA) is 80.7 Å². The zero-order valence-corrected chi connectivity index (χ0v) is 15.3.